The molecule has 0 radical (unpaired) electrons. The summed E-state index contributed by atoms with van der Waals surface area (Å²) in [4.78, 5) is 0. The van der Waals surface area contributed by atoms with Gasteiger partial charge in [0.15, 0.2) is 0 Å². The fraction of sp³-hybridized carbons (Fsp3) is 0.692. The van der Waals surface area contributed by atoms with Gasteiger partial charge < -0.3 is 24.8 Å². The zero-order valence-corrected chi connectivity index (χ0v) is 25.2. The molecule has 4 aliphatic carbocycles. The monoisotopic (exact) mass is 540 g/mol. The fourth-order valence-corrected chi connectivity index (χ4v) is 28.5. The van der Waals surface area contributed by atoms with E-state index in [-0.39, 0.29) is 30.2 Å². The first-order chi connectivity index (χ1) is 13.2. The van der Waals surface area contributed by atoms with Gasteiger partial charge in [0.25, 0.3) is 0 Å². The molecule has 166 valence electrons. The summed E-state index contributed by atoms with van der Waals surface area (Å²) in [5.41, 5.74) is 10.7. The van der Waals surface area contributed by atoms with Crippen LogP contribution in [-0.4, -0.2) is 5.43 Å². The quantitative estimate of drug-likeness (QED) is 0.469. The van der Waals surface area contributed by atoms with Crippen molar-refractivity contribution in [2.24, 2.45) is 23.7 Å². The molecular weight excluding hydrogens is 503 g/mol. The van der Waals surface area contributed by atoms with Crippen LogP contribution in [0, 0.1) is 23.7 Å². The van der Waals surface area contributed by atoms with Crippen LogP contribution in [0.5, 0.6) is 0 Å². The minimum absolute atomic E-state index is 0. The molecule has 0 aliphatic heterocycles. The second kappa shape index (κ2) is 10.3. The average molecular weight is 543 g/mol. The van der Waals surface area contributed by atoms with Crippen LogP contribution >= 0.6 is 0 Å². The van der Waals surface area contributed by atoms with E-state index in [0.717, 1.165) is 30.9 Å². The zero-order valence-electron chi connectivity index (χ0n) is 20.2. The van der Waals surface area contributed by atoms with Crippen LogP contribution < -0.4 is 24.8 Å². The zero-order chi connectivity index (χ0) is 20.3. The molecule has 0 spiro atoms. The van der Waals surface area contributed by atoms with Crippen LogP contribution in [0.4, 0.5) is 0 Å². The number of allylic oxidation sites excluding steroid dienone is 8. The predicted octanol–water partition coefficient (Wildman–Crippen LogP) is 2.09. The summed E-state index contributed by atoms with van der Waals surface area (Å²) < 4.78 is 1.81. The molecule has 0 bridgehead atoms. The van der Waals surface area contributed by atoms with E-state index in [1.54, 1.807) is 22.3 Å². The molecule has 0 N–H and O–H groups in total. The maximum absolute atomic E-state index is 2.69. The average Bonchev–Trinajstić information content (AvgIpc) is 3.15. The van der Waals surface area contributed by atoms with Crippen molar-refractivity contribution in [3.05, 3.63) is 45.6 Å². The first kappa shape index (κ1) is 26.9. The molecule has 0 nitrogen and oxygen atoms in total. The maximum atomic E-state index is 2.69. The Bertz CT molecular complexity index is 792. The van der Waals surface area contributed by atoms with Crippen molar-refractivity contribution in [3.8, 4) is 0 Å². The Morgan fingerprint density at radius 2 is 1.00 bits per heavy atom. The topological polar surface area (TPSA) is 0 Å². The second-order valence-electron chi connectivity index (χ2n) is 10.7. The van der Waals surface area contributed by atoms with Gasteiger partial charge in [-0.05, 0) is 0 Å². The molecule has 6 atom stereocenters. The Hall–Kier alpha value is 0.640. The van der Waals surface area contributed by atoms with Crippen molar-refractivity contribution in [1.29, 1.82) is 0 Å². The molecule has 0 heterocycles. The van der Waals surface area contributed by atoms with Gasteiger partial charge in [-0.2, -0.15) is 0 Å². The Kier molecular flexibility index (Phi) is 9.21. The normalized spacial score (nSPS) is 34.8. The molecule has 4 aliphatic rings. The molecule has 0 aromatic rings. The van der Waals surface area contributed by atoms with Gasteiger partial charge in [0.2, 0.25) is 0 Å². The first-order valence-electron chi connectivity index (χ1n) is 11.7. The smallest absolute Gasteiger partial charge is 1.00 e. The van der Waals surface area contributed by atoms with Gasteiger partial charge in [0.05, 0.1) is 0 Å². The number of rotatable bonds is 2. The molecule has 4 rings (SSSR count). The predicted molar refractivity (Wildman–Crippen MR) is 122 cm³/mol. The summed E-state index contributed by atoms with van der Waals surface area (Å²) >= 11 is -1.75. The third kappa shape index (κ3) is 4.38. The van der Waals surface area contributed by atoms with Gasteiger partial charge >= 0.3 is 183 Å². The molecule has 6 unspecified atom stereocenters. The van der Waals surface area contributed by atoms with Gasteiger partial charge in [-0.15, -0.1) is 0 Å². The van der Waals surface area contributed by atoms with Gasteiger partial charge in [0, 0.05) is 0 Å². The SMILES string of the molecule is CC1=CC2=C(C(C)CCC2C)[CH]1[Zr+2]([CH]1C(C)=CC2=C1C(C)CCC2C)=[Si](C)C.[Cl-].[Cl-]. The largest absolute Gasteiger partial charge is 1.00 e. The summed E-state index contributed by atoms with van der Waals surface area (Å²) in [6.45, 7) is 20.5. The van der Waals surface area contributed by atoms with Crippen LogP contribution in [0.2, 0.25) is 20.3 Å². The summed E-state index contributed by atoms with van der Waals surface area (Å²) in [7, 11) is 0. The Labute approximate surface area is 206 Å². The Morgan fingerprint density at radius 1 is 0.667 bits per heavy atom. The summed E-state index contributed by atoms with van der Waals surface area (Å²) in [6.07, 6.45) is 11.0. The molecule has 0 fully saturated rings. The molecule has 0 aromatic heterocycles. The van der Waals surface area contributed by atoms with Crippen molar-refractivity contribution in [1.82, 2.24) is 0 Å². The third-order valence-electron chi connectivity index (χ3n) is 8.35. The van der Waals surface area contributed by atoms with Gasteiger partial charge in [-0.3, -0.25) is 0 Å². The number of hydrogen-bond acceptors (Lipinski definition) is 0. The van der Waals surface area contributed by atoms with E-state index < -0.39 is 20.4 Å². The maximum Gasteiger partial charge on any atom is -1.00 e. The molecule has 4 heteroatoms. The summed E-state index contributed by atoms with van der Waals surface area (Å²) in [5.74, 6) is 3.24. The van der Waals surface area contributed by atoms with E-state index in [1.165, 1.54) is 25.7 Å². The number of hydrogen-bond donors (Lipinski definition) is 0. The fourth-order valence-electron chi connectivity index (χ4n) is 6.83. The van der Waals surface area contributed by atoms with Crippen molar-refractivity contribution in [2.75, 3.05) is 0 Å². The van der Waals surface area contributed by atoms with E-state index in [2.05, 4.69) is 66.8 Å². The van der Waals surface area contributed by atoms with Gasteiger partial charge in [-0.1, -0.05) is 0 Å². The van der Waals surface area contributed by atoms with Crippen LogP contribution in [0.15, 0.2) is 45.6 Å². The molecule has 0 aromatic carbocycles. The summed E-state index contributed by atoms with van der Waals surface area (Å²) in [5, 5.41) is 0. The van der Waals surface area contributed by atoms with Gasteiger partial charge in [-0.25, -0.2) is 0 Å². The molecule has 0 amide bonds. The minimum Gasteiger partial charge on any atom is -1.00 e. The van der Waals surface area contributed by atoms with Crippen LogP contribution in [-0.2, 0) is 20.4 Å². The standard InChI is InChI=1S/2C12H17.C2H6Si.2ClH.Zr/c2*1-8-6-11-9(2)4-5-10(3)12(11)7-8;1-3-2;;;/h2*6-7,9-10H,4-5H2,1-3H3;1-2H3;2*1H;/q;;;;;+2/p-2. The Balaban J connectivity index is 0.00000160. The molecular formula is C26H40Cl2SiZr. The van der Waals surface area contributed by atoms with Crippen molar-refractivity contribution >= 4 is 5.43 Å². The van der Waals surface area contributed by atoms with Crippen LogP contribution in [0.25, 0.3) is 0 Å². The summed E-state index contributed by atoms with van der Waals surface area (Å²) in [6, 6.07) is 0. The van der Waals surface area contributed by atoms with E-state index in [4.69, 9.17) is 0 Å². The van der Waals surface area contributed by atoms with Crippen LogP contribution in [0.3, 0.4) is 0 Å². The van der Waals surface area contributed by atoms with Crippen LogP contribution in [0.1, 0.15) is 67.2 Å². The molecule has 0 saturated carbocycles. The van der Waals surface area contributed by atoms with E-state index in [0.29, 0.717) is 0 Å². The van der Waals surface area contributed by atoms with Gasteiger partial charge in [0.1, 0.15) is 0 Å². The van der Waals surface area contributed by atoms with E-state index in [9.17, 15) is 0 Å². The molecule has 30 heavy (non-hydrogen) atoms. The third-order valence-corrected chi connectivity index (χ3v) is 28.3. The Morgan fingerprint density at radius 3 is 1.33 bits per heavy atom. The van der Waals surface area contributed by atoms with Crippen molar-refractivity contribution < 1.29 is 45.2 Å². The first-order valence-corrected chi connectivity index (χ1v) is 20.8. The van der Waals surface area contributed by atoms with Crippen molar-refractivity contribution in [3.63, 3.8) is 0 Å². The van der Waals surface area contributed by atoms with Crippen molar-refractivity contribution in [2.45, 2.75) is 87.6 Å². The van der Waals surface area contributed by atoms with E-state index in [1.807, 2.05) is 11.1 Å². The number of halogens is 2. The second-order valence-corrected chi connectivity index (χ2v) is 28.5. The minimum atomic E-state index is -1.75. The van der Waals surface area contributed by atoms with E-state index >= 15 is 0 Å². The molecule has 0 saturated heterocycles.